The van der Waals surface area contributed by atoms with Crippen LogP contribution in [0.15, 0.2) is 38.4 Å². The van der Waals surface area contributed by atoms with Crippen molar-refractivity contribution in [1.82, 2.24) is 4.31 Å². The lowest BCUT2D eigenvalue weighted by Crippen LogP contribution is -2.33. The van der Waals surface area contributed by atoms with E-state index in [0.29, 0.717) is 50.3 Å². The number of carbonyl (C=O) groups is 1. The van der Waals surface area contributed by atoms with E-state index in [1.54, 1.807) is 30.0 Å². The average molecular weight is 430 g/mol. The van der Waals surface area contributed by atoms with Crippen molar-refractivity contribution >= 4 is 21.6 Å². The maximum Gasteiger partial charge on any atom is 0.339 e. The lowest BCUT2D eigenvalue weighted by atomic mass is 10.00. The number of amides is 1. The summed E-state index contributed by atoms with van der Waals surface area (Å²) in [5, 5.41) is 0. The van der Waals surface area contributed by atoms with E-state index in [4.69, 9.17) is 9.15 Å². The van der Waals surface area contributed by atoms with E-state index >= 15 is 0 Å². The van der Waals surface area contributed by atoms with Crippen LogP contribution in [-0.2, 0) is 27.7 Å². The number of carbonyl (C=O) groups excluding carboxylic acids is 1. The zero-order valence-electron chi connectivity index (χ0n) is 16.6. The summed E-state index contributed by atoms with van der Waals surface area (Å²) in [7, 11) is -3.67. The molecule has 3 aliphatic heterocycles. The number of hydrogen-bond donors (Lipinski definition) is 0. The van der Waals surface area contributed by atoms with Crippen LogP contribution < -0.4 is 15.3 Å². The van der Waals surface area contributed by atoms with Crippen LogP contribution in [0.2, 0.25) is 0 Å². The van der Waals surface area contributed by atoms with E-state index in [9.17, 15) is 18.0 Å². The molecule has 0 aliphatic carbocycles. The zero-order chi connectivity index (χ0) is 21.0. The number of sulfonamides is 1. The van der Waals surface area contributed by atoms with Crippen molar-refractivity contribution < 1.29 is 22.4 Å². The highest BCUT2D eigenvalue weighted by molar-refractivity contribution is 7.89. The first-order valence-electron chi connectivity index (χ1n) is 10.1. The molecule has 3 aliphatic rings. The molecular formula is C21H22N2O6S. The molecule has 1 aromatic carbocycles. The second kappa shape index (κ2) is 6.95. The lowest BCUT2D eigenvalue weighted by molar-refractivity contribution is -0.118. The molecule has 8 nitrogen and oxygen atoms in total. The van der Waals surface area contributed by atoms with Gasteiger partial charge in [0, 0.05) is 25.6 Å². The first-order valence-corrected chi connectivity index (χ1v) is 11.5. The highest BCUT2D eigenvalue weighted by Gasteiger charge is 2.37. The third-order valence-electron chi connectivity index (χ3n) is 5.94. The monoisotopic (exact) mass is 430 g/mol. The highest BCUT2D eigenvalue weighted by atomic mass is 32.2. The summed E-state index contributed by atoms with van der Waals surface area (Å²) in [5.41, 5.74) is 2.28. The Hall–Kier alpha value is -2.65. The quantitative estimate of drug-likeness (QED) is 0.731. The summed E-state index contributed by atoms with van der Waals surface area (Å²) in [5.74, 6) is 0.945. The second-order valence-corrected chi connectivity index (χ2v) is 9.94. The third-order valence-corrected chi connectivity index (χ3v) is 7.78. The first-order chi connectivity index (χ1) is 14.3. The van der Waals surface area contributed by atoms with Crippen molar-refractivity contribution in [3.05, 3.63) is 51.6 Å². The van der Waals surface area contributed by atoms with Crippen LogP contribution in [0.5, 0.6) is 5.75 Å². The van der Waals surface area contributed by atoms with Crippen LogP contribution in [0.1, 0.15) is 29.7 Å². The van der Waals surface area contributed by atoms with Gasteiger partial charge >= 0.3 is 5.63 Å². The molecule has 1 unspecified atom stereocenters. The predicted molar refractivity (Wildman–Crippen MR) is 108 cm³/mol. The zero-order valence-corrected chi connectivity index (χ0v) is 17.4. The standard InChI is InChI=1S/C21H22N2O6S/c1-13-8-17(11-20(25)28-13)29-16-5-6-22(12-16)30(26,27)18-9-14-2-3-19(24)23-7-4-15(10-18)21(14)23/h8-11,16H,2-7,12H2,1H3. The van der Waals surface area contributed by atoms with E-state index < -0.39 is 15.6 Å². The molecule has 2 aromatic rings. The molecule has 1 saturated heterocycles. The van der Waals surface area contributed by atoms with E-state index in [-0.39, 0.29) is 23.5 Å². The molecule has 5 rings (SSSR count). The Morgan fingerprint density at radius 1 is 1.03 bits per heavy atom. The van der Waals surface area contributed by atoms with Crippen molar-refractivity contribution in [2.75, 3.05) is 24.5 Å². The normalized spacial score (nSPS) is 21.2. The van der Waals surface area contributed by atoms with Crippen molar-refractivity contribution in [1.29, 1.82) is 0 Å². The van der Waals surface area contributed by atoms with Crippen LogP contribution >= 0.6 is 0 Å². The largest absolute Gasteiger partial charge is 0.489 e. The number of ether oxygens (including phenoxy) is 1. The summed E-state index contributed by atoms with van der Waals surface area (Å²) < 4.78 is 38.8. The maximum atomic E-state index is 13.3. The number of nitrogens with zero attached hydrogens (tertiary/aromatic N) is 2. The Morgan fingerprint density at radius 3 is 2.57 bits per heavy atom. The van der Waals surface area contributed by atoms with E-state index in [1.165, 1.54) is 10.4 Å². The fourth-order valence-electron chi connectivity index (χ4n) is 4.57. The summed E-state index contributed by atoms with van der Waals surface area (Å²) in [6.07, 6.45) is 1.88. The molecule has 4 heterocycles. The lowest BCUT2D eigenvalue weighted by Gasteiger charge is -2.26. The second-order valence-electron chi connectivity index (χ2n) is 8.00. The van der Waals surface area contributed by atoms with Crippen LogP contribution in [0.3, 0.4) is 0 Å². The average Bonchev–Trinajstić information content (AvgIpc) is 3.32. The molecule has 0 radical (unpaired) electrons. The van der Waals surface area contributed by atoms with Crippen LogP contribution in [-0.4, -0.2) is 44.4 Å². The Balaban J connectivity index is 1.38. The summed E-state index contributed by atoms with van der Waals surface area (Å²) in [4.78, 5) is 25.7. The van der Waals surface area contributed by atoms with Gasteiger partial charge in [0.15, 0.2) is 0 Å². The maximum absolute atomic E-state index is 13.3. The topological polar surface area (TPSA) is 97.1 Å². The van der Waals surface area contributed by atoms with Gasteiger partial charge in [-0.2, -0.15) is 4.31 Å². The van der Waals surface area contributed by atoms with Crippen LogP contribution in [0, 0.1) is 6.92 Å². The van der Waals surface area contributed by atoms with Crippen LogP contribution in [0.25, 0.3) is 0 Å². The van der Waals surface area contributed by atoms with Gasteiger partial charge in [0.05, 0.1) is 23.2 Å². The summed E-state index contributed by atoms with van der Waals surface area (Å²) >= 11 is 0. The molecule has 1 aromatic heterocycles. The molecule has 1 fully saturated rings. The molecular weight excluding hydrogens is 408 g/mol. The van der Waals surface area contributed by atoms with Gasteiger partial charge in [0.2, 0.25) is 15.9 Å². The smallest absolute Gasteiger partial charge is 0.339 e. The van der Waals surface area contributed by atoms with Gasteiger partial charge in [0.1, 0.15) is 17.6 Å². The summed E-state index contributed by atoms with van der Waals surface area (Å²) in [6.45, 7) is 2.85. The van der Waals surface area contributed by atoms with E-state index in [0.717, 1.165) is 16.8 Å². The van der Waals surface area contributed by atoms with Crippen molar-refractivity contribution in [3.63, 3.8) is 0 Å². The fraction of sp³-hybridized carbons (Fsp3) is 0.429. The minimum atomic E-state index is -3.67. The number of hydrogen-bond acceptors (Lipinski definition) is 6. The molecule has 1 amide bonds. The molecule has 9 heteroatoms. The number of anilines is 1. The van der Waals surface area contributed by atoms with Gasteiger partial charge in [-0.3, -0.25) is 4.79 Å². The van der Waals surface area contributed by atoms with Gasteiger partial charge in [-0.1, -0.05) is 0 Å². The van der Waals surface area contributed by atoms with Crippen LogP contribution in [0.4, 0.5) is 5.69 Å². The van der Waals surface area contributed by atoms with Gasteiger partial charge < -0.3 is 14.1 Å². The Labute approximate surface area is 174 Å². The first kappa shape index (κ1) is 19.3. The number of benzene rings is 1. The molecule has 0 spiro atoms. The van der Waals surface area contributed by atoms with Crippen molar-refractivity contribution in [2.45, 2.75) is 43.6 Å². The third kappa shape index (κ3) is 3.22. The predicted octanol–water partition coefficient (Wildman–Crippen LogP) is 1.63. The molecule has 30 heavy (non-hydrogen) atoms. The van der Waals surface area contributed by atoms with Gasteiger partial charge in [0.25, 0.3) is 0 Å². The number of rotatable bonds is 4. The minimum absolute atomic E-state index is 0.113. The highest BCUT2D eigenvalue weighted by Crippen LogP contribution is 2.39. The SMILES string of the molecule is Cc1cc(OC2CCN(S(=O)(=O)c3cc4c5c(c3)CCN5C(=O)CC4)C2)cc(=O)o1. The van der Waals surface area contributed by atoms with Gasteiger partial charge in [-0.15, -0.1) is 0 Å². The molecule has 158 valence electrons. The fourth-order valence-corrected chi connectivity index (χ4v) is 6.16. The van der Waals surface area contributed by atoms with E-state index in [2.05, 4.69) is 0 Å². The Kier molecular flexibility index (Phi) is 4.48. The molecule has 1 atom stereocenters. The molecule has 0 N–H and O–H groups in total. The number of aryl methyl sites for hydroxylation is 2. The molecule has 0 saturated carbocycles. The van der Waals surface area contributed by atoms with E-state index in [1.807, 2.05) is 0 Å². The Bertz CT molecular complexity index is 1200. The summed E-state index contributed by atoms with van der Waals surface area (Å²) in [6, 6.07) is 6.32. The molecule has 0 bridgehead atoms. The van der Waals surface area contributed by atoms with Gasteiger partial charge in [-0.05, 0) is 49.4 Å². The Morgan fingerprint density at radius 2 is 1.80 bits per heavy atom. The van der Waals surface area contributed by atoms with Crippen molar-refractivity contribution in [3.8, 4) is 5.75 Å². The minimum Gasteiger partial charge on any atom is -0.489 e. The van der Waals surface area contributed by atoms with Gasteiger partial charge in [-0.25, -0.2) is 13.2 Å². The van der Waals surface area contributed by atoms with Crippen molar-refractivity contribution in [2.24, 2.45) is 0 Å².